The van der Waals surface area contributed by atoms with Gasteiger partial charge in [-0.05, 0) is 43.3 Å². The van der Waals surface area contributed by atoms with Crippen LogP contribution in [0.25, 0.3) is 0 Å². The van der Waals surface area contributed by atoms with Gasteiger partial charge in [0, 0.05) is 11.3 Å². The molecule has 3 aromatic rings. The summed E-state index contributed by atoms with van der Waals surface area (Å²) in [6.45, 7) is 12.4. The molecule has 0 radical (unpaired) electrons. The van der Waals surface area contributed by atoms with E-state index < -0.39 is 0 Å². The molecule has 3 rings (SSSR count). The van der Waals surface area contributed by atoms with Crippen molar-refractivity contribution in [1.82, 2.24) is 0 Å². The summed E-state index contributed by atoms with van der Waals surface area (Å²) < 4.78 is 3.86. The average molecular weight is 421 g/mol. The van der Waals surface area contributed by atoms with E-state index >= 15 is 0 Å². The number of benzene rings is 3. The number of ether oxygens (including phenoxy) is 1. The maximum absolute atomic E-state index is 12.4. The molecule has 0 fully saturated rings. The highest BCUT2D eigenvalue weighted by atomic mass is 16.5. The van der Waals surface area contributed by atoms with Crippen LogP contribution in [0.1, 0.15) is 29.8 Å². The van der Waals surface area contributed by atoms with Gasteiger partial charge in [0.15, 0.2) is 0 Å². The van der Waals surface area contributed by atoms with Gasteiger partial charge in [-0.15, -0.1) is 13.2 Å². The van der Waals surface area contributed by atoms with E-state index in [4.69, 9.17) is 4.79 Å². The van der Waals surface area contributed by atoms with Gasteiger partial charge >= 0.3 is 0 Å². The molecule has 0 spiro atoms. The molecule has 0 atom stereocenters. The van der Waals surface area contributed by atoms with E-state index in [1.165, 1.54) is 7.11 Å². The van der Waals surface area contributed by atoms with Gasteiger partial charge in [-0.3, -0.25) is 9.59 Å². The Morgan fingerprint density at radius 2 is 1.32 bits per heavy atom. The molecule has 0 aromatic heterocycles. The number of methoxy groups -OCH3 is 1. The molecular formula is C26H32N2O3. The van der Waals surface area contributed by atoms with E-state index in [-0.39, 0.29) is 5.91 Å². The van der Waals surface area contributed by atoms with E-state index in [2.05, 4.69) is 28.5 Å². The number of carbonyl (C=O) groups excluding carboxylic acids is 2. The van der Waals surface area contributed by atoms with Crippen molar-refractivity contribution in [2.45, 2.75) is 20.8 Å². The molecule has 0 aliphatic heterocycles. The number of hydrogen-bond donors (Lipinski definition) is 2. The summed E-state index contributed by atoms with van der Waals surface area (Å²) in [5.41, 5.74) is 4.36. The first kappa shape index (κ1) is 27.1. The summed E-state index contributed by atoms with van der Waals surface area (Å²) in [5.74, 6) is -0.118. The highest BCUT2D eigenvalue weighted by molar-refractivity contribution is 6.06. The van der Waals surface area contributed by atoms with Gasteiger partial charge in [-0.1, -0.05) is 61.9 Å². The Labute approximate surface area is 185 Å². The SMILES string of the molecule is C=C.CC.COC=O.Cc1ccc(C(=O)Nc2ccccc2Nc2ccccc2)cc1. The summed E-state index contributed by atoms with van der Waals surface area (Å²) in [6, 6.07) is 25.1. The zero-order valence-electron chi connectivity index (χ0n) is 18.7. The van der Waals surface area contributed by atoms with Crippen LogP contribution in [0.15, 0.2) is 92.0 Å². The first-order valence-electron chi connectivity index (χ1n) is 9.89. The summed E-state index contributed by atoms with van der Waals surface area (Å²) in [5, 5.41) is 6.29. The number of amides is 1. The number of aryl methyl sites for hydroxylation is 1. The van der Waals surface area contributed by atoms with Crippen LogP contribution < -0.4 is 10.6 Å². The Morgan fingerprint density at radius 3 is 1.84 bits per heavy atom. The number of anilines is 3. The first-order chi connectivity index (χ1) is 15.1. The molecule has 0 heterocycles. The monoisotopic (exact) mass is 420 g/mol. The topological polar surface area (TPSA) is 67.4 Å². The molecule has 0 aliphatic rings. The van der Waals surface area contributed by atoms with Crippen molar-refractivity contribution in [3.05, 3.63) is 103 Å². The lowest BCUT2D eigenvalue weighted by molar-refractivity contribution is -0.126. The summed E-state index contributed by atoms with van der Waals surface area (Å²) in [6.07, 6.45) is 0. The summed E-state index contributed by atoms with van der Waals surface area (Å²) in [4.78, 5) is 21.3. The number of rotatable bonds is 5. The van der Waals surface area contributed by atoms with Crippen LogP contribution in [0.5, 0.6) is 0 Å². The van der Waals surface area contributed by atoms with Crippen molar-refractivity contribution < 1.29 is 14.3 Å². The van der Waals surface area contributed by atoms with Gasteiger partial charge in [0.05, 0.1) is 18.5 Å². The zero-order valence-corrected chi connectivity index (χ0v) is 18.7. The molecule has 3 aromatic carbocycles. The minimum atomic E-state index is -0.118. The van der Waals surface area contributed by atoms with Crippen molar-refractivity contribution in [3.63, 3.8) is 0 Å². The predicted molar refractivity (Wildman–Crippen MR) is 131 cm³/mol. The largest absolute Gasteiger partial charge is 0.471 e. The fourth-order valence-electron chi connectivity index (χ4n) is 2.28. The molecule has 1 amide bonds. The molecule has 0 aliphatic carbocycles. The van der Waals surface area contributed by atoms with Crippen LogP contribution in [-0.2, 0) is 9.53 Å². The Morgan fingerprint density at radius 1 is 0.839 bits per heavy atom. The molecule has 0 saturated carbocycles. The van der Waals surface area contributed by atoms with Crippen LogP contribution in [0.4, 0.5) is 17.1 Å². The van der Waals surface area contributed by atoms with Gasteiger partial charge < -0.3 is 15.4 Å². The highest BCUT2D eigenvalue weighted by Gasteiger charge is 2.08. The normalized spacial score (nSPS) is 8.52. The third kappa shape index (κ3) is 10.5. The number of nitrogens with one attached hydrogen (secondary N) is 2. The Kier molecular flexibility index (Phi) is 14.9. The van der Waals surface area contributed by atoms with E-state index in [1.807, 2.05) is 99.6 Å². The van der Waals surface area contributed by atoms with Gasteiger partial charge in [0.2, 0.25) is 0 Å². The van der Waals surface area contributed by atoms with Gasteiger partial charge in [-0.2, -0.15) is 0 Å². The lowest BCUT2D eigenvalue weighted by Gasteiger charge is -2.13. The third-order valence-electron chi connectivity index (χ3n) is 3.64. The van der Waals surface area contributed by atoms with Crippen LogP contribution in [0.3, 0.4) is 0 Å². The van der Waals surface area contributed by atoms with Crippen LogP contribution >= 0.6 is 0 Å². The summed E-state index contributed by atoms with van der Waals surface area (Å²) in [7, 11) is 1.31. The Balaban J connectivity index is 0.000000992. The van der Waals surface area contributed by atoms with Crippen molar-refractivity contribution in [2.75, 3.05) is 17.7 Å². The van der Waals surface area contributed by atoms with E-state index in [0.717, 1.165) is 22.6 Å². The average Bonchev–Trinajstić information content (AvgIpc) is 2.84. The van der Waals surface area contributed by atoms with Crippen molar-refractivity contribution in [2.24, 2.45) is 0 Å². The van der Waals surface area contributed by atoms with E-state index in [0.29, 0.717) is 12.0 Å². The van der Waals surface area contributed by atoms with Crippen molar-refractivity contribution >= 4 is 29.4 Å². The van der Waals surface area contributed by atoms with Crippen molar-refractivity contribution in [1.29, 1.82) is 0 Å². The quantitative estimate of drug-likeness (QED) is 0.360. The predicted octanol–water partition coefficient (Wildman–Crippen LogP) is 6.61. The molecule has 0 saturated heterocycles. The number of hydrogen-bond acceptors (Lipinski definition) is 4. The minimum absolute atomic E-state index is 0.118. The maximum Gasteiger partial charge on any atom is 0.292 e. The molecule has 5 heteroatoms. The van der Waals surface area contributed by atoms with Crippen LogP contribution in [-0.4, -0.2) is 19.5 Å². The Bertz CT molecular complexity index is 879. The Hall–Kier alpha value is -3.86. The molecule has 0 bridgehead atoms. The highest BCUT2D eigenvalue weighted by Crippen LogP contribution is 2.25. The smallest absolute Gasteiger partial charge is 0.292 e. The van der Waals surface area contributed by atoms with Crippen LogP contribution in [0.2, 0.25) is 0 Å². The lowest BCUT2D eigenvalue weighted by atomic mass is 10.1. The molecule has 31 heavy (non-hydrogen) atoms. The maximum atomic E-state index is 12.4. The fourth-order valence-corrected chi connectivity index (χ4v) is 2.28. The molecule has 164 valence electrons. The number of carbonyl (C=O) groups is 2. The lowest BCUT2D eigenvalue weighted by Crippen LogP contribution is -2.13. The summed E-state index contributed by atoms with van der Waals surface area (Å²) >= 11 is 0. The van der Waals surface area contributed by atoms with Gasteiger partial charge in [0.25, 0.3) is 12.4 Å². The minimum Gasteiger partial charge on any atom is -0.471 e. The second-order valence-electron chi connectivity index (χ2n) is 5.69. The zero-order chi connectivity index (χ0) is 23.5. The molecule has 0 unspecified atom stereocenters. The van der Waals surface area contributed by atoms with E-state index in [1.54, 1.807) is 0 Å². The van der Waals surface area contributed by atoms with Crippen molar-refractivity contribution in [3.8, 4) is 0 Å². The first-order valence-corrected chi connectivity index (χ1v) is 9.89. The second kappa shape index (κ2) is 17.0. The van der Waals surface area contributed by atoms with Crippen LogP contribution in [0, 0.1) is 6.92 Å². The van der Waals surface area contributed by atoms with E-state index in [9.17, 15) is 4.79 Å². The standard InChI is InChI=1S/C20H18N2O.C2H4O2.C2H6.C2H4/c1-15-11-13-16(14-12-15)20(23)22-19-10-6-5-9-18(19)21-17-7-3-2-4-8-17;1-4-2-3;2*1-2/h2-14,21H,1H3,(H,22,23);2H,1H3;1-2H3;1-2H2. The molecule has 5 nitrogen and oxygen atoms in total. The fraction of sp³-hybridized carbons (Fsp3) is 0.154. The molecule has 2 N–H and O–H groups in total. The van der Waals surface area contributed by atoms with Gasteiger partial charge in [-0.25, -0.2) is 0 Å². The number of para-hydroxylation sites is 3. The third-order valence-corrected chi connectivity index (χ3v) is 3.64. The second-order valence-corrected chi connectivity index (χ2v) is 5.69. The van der Waals surface area contributed by atoms with Gasteiger partial charge in [0.1, 0.15) is 0 Å². The molecular weight excluding hydrogens is 388 g/mol.